The molecule has 2 aromatic carbocycles. The predicted octanol–water partition coefficient (Wildman–Crippen LogP) is 0.939. The van der Waals surface area contributed by atoms with Crippen molar-refractivity contribution in [2.24, 2.45) is 0 Å². The van der Waals surface area contributed by atoms with E-state index in [1.165, 1.54) is 12.1 Å². The minimum atomic E-state index is -3.40. The topological polar surface area (TPSA) is 121 Å². The third-order valence-electron chi connectivity index (χ3n) is 4.26. The van der Waals surface area contributed by atoms with Crippen LogP contribution in [0.3, 0.4) is 0 Å². The fourth-order valence-corrected chi connectivity index (χ4v) is 4.77. The predicted molar refractivity (Wildman–Crippen MR) is 94.8 cm³/mol. The van der Waals surface area contributed by atoms with E-state index in [2.05, 4.69) is 5.32 Å². The van der Waals surface area contributed by atoms with Gasteiger partial charge in [0.1, 0.15) is 0 Å². The molecule has 0 radical (unpaired) electrons. The van der Waals surface area contributed by atoms with Crippen molar-refractivity contribution >= 4 is 21.7 Å². The van der Waals surface area contributed by atoms with Gasteiger partial charge in [-0.15, -0.1) is 0 Å². The number of carboxylic acids is 1. The van der Waals surface area contributed by atoms with Gasteiger partial charge in [0.2, 0.25) is 0 Å². The lowest BCUT2D eigenvalue weighted by molar-refractivity contribution is 0.0697. The van der Waals surface area contributed by atoms with Crippen molar-refractivity contribution in [3.05, 3.63) is 59.7 Å². The van der Waals surface area contributed by atoms with Crippen LogP contribution in [-0.4, -0.2) is 54.2 Å². The van der Waals surface area contributed by atoms with E-state index in [-0.39, 0.29) is 22.6 Å². The Balaban J connectivity index is 1.96. The summed E-state index contributed by atoms with van der Waals surface area (Å²) in [5.41, 5.74) is 1.05. The van der Waals surface area contributed by atoms with Gasteiger partial charge in [0, 0.05) is 5.56 Å². The van der Waals surface area contributed by atoms with Crippen molar-refractivity contribution < 1.29 is 28.2 Å². The molecule has 3 N–H and O–H groups in total. The van der Waals surface area contributed by atoms with E-state index in [0.717, 1.165) is 0 Å². The Morgan fingerprint density at radius 1 is 0.923 bits per heavy atom. The lowest BCUT2D eigenvalue weighted by Gasteiger charge is -2.17. The smallest absolute Gasteiger partial charge is 0.336 e. The van der Waals surface area contributed by atoms with Crippen molar-refractivity contribution in [3.8, 4) is 11.1 Å². The number of rotatable bonds is 4. The maximum absolute atomic E-state index is 12.7. The zero-order valence-corrected chi connectivity index (χ0v) is 14.4. The summed E-state index contributed by atoms with van der Waals surface area (Å²) in [5, 5.41) is 21.8. The Bertz CT molecular complexity index is 969. The van der Waals surface area contributed by atoms with Gasteiger partial charge in [-0.25, -0.2) is 13.2 Å². The highest BCUT2D eigenvalue weighted by molar-refractivity contribution is 7.91. The average Bonchev–Trinajstić information content (AvgIpc) is 2.86. The quantitative estimate of drug-likeness (QED) is 0.731. The van der Waals surface area contributed by atoms with Gasteiger partial charge in [0.15, 0.2) is 9.84 Å². The molecule has 1 aliphatic rings. The number of sulfone groups is 1. The van der Waals surface area contributed by atoms with Crippen molar-refractivity contribution in [2.75, 3.05) is 11.5 Å². The monoisotopic (exact) mass is 375 g/mol. The van der Waals surface area contributed by atoms with Crippen LogP contribution in [0, 0.1) is 0 Å². The number of hydrogen-bond acceptors (Lipinski definition) is 5. The molecule has 2 atom stereocenters. The number of aliphatic hydroxyl groups is 1. The maximum atomic E-state index is 12.7. The van der Waals surface area contributed by atoms with Gasteiger partial charge in [-0.3, -0.25) is 4.79 Å². The number of amides is 1. The first-order chi connectivity index (χ1) is 12.3. The van der Waals surface area contributed by atoms with Gasteiger partial charge in [-0.2, -0.15) is 0 Å². The molecule has 0 saturated carbocycles. The molecule has 8 heteroatoms. The molecule has 0 spiro atoms. The molecule has 136 valence electrons. The first-order valence-corrected chi connectivity index (χ1v) is 9.72. The summed E-state index contributed by atoms with van der Waals surface area (Å²) in [7, 11) is -3.40. The zero-order valence-electron chi connectivity index (χ0n) is 13.6. The average molecular weight is 375 g/mol. The second-order valence-electron chi connectivity index (χ2n) is 6.12. The Morgan fingerprint density at radius 2 is 1.46 bits per heavy atom. The molecule has 0 bridgehead atoms. The number of carbonyl (C=O) groups is 2. The summed E-state index contributed by atoms with van der Waals surface area (Å²) < 4.78 is 23.2. The molecule has 1 aliphatic heterocycles. The highest BCUT2D eigenvalue weighted by Gasteiger charge is 2.37. The Hall–Kier alpha value is -2.71. The van der Waals surface area contributed by atoms with Crippen LogP contribution in [-0.2, 0) is 9.84 Å². The summed E-state index contributed by atoms with van der Waals surface area (Å²) in [6, 6.07) is 11.9. The summed E-state index contributed by atoms with van der Waals surface area (Å²) >= 11 is 0. The maximum Gasteiger partial charge on any atom is 0.336 e. The molecule has 1 heterocycles. The number of benzene rings is 2. The highest BCUT2D eigenvalue weighted by atomic mass is 32.2. The zero-order chi connectivity index (χ0) is 18.9. The first kappa shape index (κ1) is 18.1. The van der Waals surface area contributed by atoms with Crippen LogP contribution in [0.1, 0.15) is 20.7 Å². The lowest BCUT2D eigenvalue weighted by Crippen LogP contribution is -2.42. The van der Waals surface area contributed by atoms with E-state index in [4.69, 9.17) is 0 Å². The van der Waals surface area contributed by atoms with Crippen LogP contribution in [0.25, 0.3) is 11.1 Å². The number of carbonyl (C=O) groups excluding carboxylic acids is 1. The summed E-state index contributed by atoms with van der Waals surface area (Å²) in [4.78, 5) is 24.1. The standard InChI is InChI=1S/C18H17NO6S/c20-16-10-26(24,25)9-15(16)19-17(21)13-7-3-1-5-11(13)12-6-2-4-8-14(12)18(22)23/h1-8,15-16,20H,9-10H2,(H,19,21)(H,22,23)/t15-,16-/m0/s1. The Kier molecular flexibility index (Phi) is 4.80. The number of aromatic carboxylic acids is 1. The molecule has 7 nitrogen and oxygen atoms in total. The molecular weight excluding hydrogens is 358 g/mol. The van der Waals surface area contributed by atoms with Gasteiger partial charge in [-0.05, 0) is 23.3 Å². The number of aliphatic hydroxyl groups excluding tert-OH is 1. The van der Waals surface area contributed by atoms with E-state index in [0.29, 0.717) is 11.1 Å². The van der Waals surface area contributed by atoms with E-state index in [1.807, 2.05) is 0 Å². The van der Waals surface area contributed by atoms with E-state index < -0.39 is 33.9 Å². The molecule has 26 heavy (non-hydrogen) atoms. The molecule has 3 rings (SSSR count). The number of nitrogens with one attached hydrogen (secondary N) is 1. The Morgan fingerprint density at radius 3 is 2.00 bits per heavy atom. The fraction of sp³-hybridized carbons (Fsp3) is 0.222. The van der Waals surface area contributed by atoms with Crippen LogP contribution in [0.5, 0.6) is 0 Å². The third-order valence-corrected chi connectivity index (χ3v) is 5.97. The molecule has 0 aliphatic carbocycles. The number of carboxylic acid groups (broad SMARTS) is 1. The molecular formula is C18H17NO6S. The molecule has 0 aromatic heterocycles. The second-order valence-corrected chi connectivity index (χ2v) is 8.27. The van der Waals surface area contributed by atoms with Crippen molar-refractivity contribution in [1.29, 1.82) is 0 Å². The SMILES string of the molecule is O=C(O)c1ccccc1-c1ccccc1C(=O)N[C@H]1CS(=O)(=O)C[C@@H]1O. The third kappa shape index (κ3) is 3.61. The van der Waals surface area contributed by atoms with Gasteiger partial charge >= 0.3 is 5.97 Å². The summed E-state index contributed by atoms with van der Waals surface area (Å²) in [5.74, 6) is -2.40. The van der Waals surface area contributed by atoms with Gasteiger partial charge in [0.25, 0.3) is 5.91 Å². The minimum Gasteiger partial charge on any atom is -0.478 e. The van der Waals surface area contributed by atoms with Crippen LogP contribution in [0.15, 0.2) is 48.5 Å². The largest absolute Gasteiger partial charge is 0.478 e. The van der Waals surface area contributed by atoms with Crippen LogP contribution >= 0.6 is 0 Å². The summed E-state index contributed by atoms with van der Waals surface area (Å²) in [6.45, 7) is 0. The van der Waals surface area contributed by atoms with Crippen molar-refractivity contribution in [3.63, 3.8) is 0 Å². The van der Waals surface area contributed by atoms with Gasteiger partial charge in [0.05, 0.1) is 29.2 Å². The van der Waals surface area contributed by atoms with Gasteiger partial charge < -0.3 is 15.5 Å². The second kappa shape index (κ2) is 6.89. The van der Waals surface area contributed by atoms with E-state index in [9.17, 15) is 28.2 Å². The molecule has 1 fully saturated rings. The van der Waals surface area contributed by atoms with Crippen LogP contribution in [0.4, 0.5) is 0 Å². The van der Waals surface area contributed by atoms with Crippen molar-refractivity contribution in [2.45, 2.75) is 12.1 Å². The van der Waals surface area contributed by atoms with E-state index >= 15 is 0 Å². The van der Waals surface area contributed by atoms with Crippen molar-refractivity contribution in [1.82, 2.24) is 5.32 Å². The number of hydrogen-bond donors (Lipinski definition) is 3. The fourth-order valence-electron chi connectivity index (χ4n) is 3.03. The molecule has 0 unspecified atom stereocenters. The molecule has 1 saturated heterocycles. The highest BCUT2D eigenvalue weighted by Crippen LogP contribution is 2.27. The molecule has 1 amide bonds. The van der Waals surface area contributed by atoms with E-state index in [1.54, 1.807) is 36.4 Å². The van der Waals surface area contributed by atoms with Crippen LogP contribution < -0.4 is 5.32 Å². The Labute approximate surface area is 150 Å². The lowest BCUT2D eigenvalue weighted by atomic mass is 9.95. The molecule has 2 aromatic rings. The minimum absolute atomic E-state index is 0.0521. The normalized spacial score (nSPS) is 21.3. The summed E-state index contributed by atoms with van der Waals surface area (Å²) in [6.07, 6.45) is -1.16. The van der Waals surface area contributed by atoms with Crippen LogP contribution in [0.2, 0.25) is 0 Å². The first-order valence-electron chi connectivity index (χ1n) is 7.89. The van der Waals surface area contributed by atoms with Gasteiger partial charge in [-0.1, -0.05) is 36.4 Å².